The Morgan fingerprint density at radius 2 is 2.09 bits per heavy atom. The highest BCUT2D eigenvalue weighted by Crippen LogP contribution is 2.38. The zero-order chi connectivity index (χ0) is 16.2. The number of hydrogen-bond acceptors (Lipinski definition) is 3. The van der Waals surface area contributed by atoms with Gasteiger partial charge in [-0.15, -0.1) is 0 Å². The van der Waals surface area contributed by atoms with Crippen molar-refractivity contribution < 1.29 is 4.79 Å². The third-order valence-electron chi connectivity index (χ3n) is 4.39. The van der Waals surface area contributed by atoms with Gasteiger partial charge in [-0.1, -0.05) is 30.3 Å². The molecule has 1 heterocycles. The molecule has 1 aromatic carbocycles. The minimum absolute atomic E-state index is 0.104. The standard InChI is InChI=1S/C18H24N4O/c1-22(2)15(10-13-6-4-3-5-7-13)12-19-18(23)17-11-16(20-21-17)14-8-9-14/h3-7,11,14-15H,8-10,12H2,1-2H3,(H,19,23)(H,20,21). The molecule has 2 N–H and O–H groups in total. The predicted molar refractivity (Wildman–Crippen MR) is 90.5 cm³/mol. The number of carbonyl (C=O) groups is 1. The first-order valence-corrected chi connectivity index (χ1v) is 8.17. The lowest BCUT2D eigenvalue weighted by Gasteiger charge is -2.24. The van der Waals surface area contributed by atoms with Crippen molar-refractivity contribution in [3.05, 3.63) is 53.3 Å². The molecule has 0 spiro atoms. The Kier molecular flexibility index (Phi) is 4.76. The summed E-state index contributed by atoms with van der Waals surface area (Å²) in [6.45, 7) is 0.604. The van der Waals surface area contributed by atoms with Gasteiger partial charge in [0.15, 0.2) is 0 Å². The van der Waals surface area contributed by atoms with Crippen LogP contribution in [-0.4, -0.2) is 47.7 Å². The first-order valence-electron chi connectivity index (χ1n) is 8.17. The second-order valence-corrected chi connectivity index (χ2v) is 6.50. The number of carbonyl (C=O) groups excluding carboxylic acids is 1. The number of hydrogen-bond donors (Lipinski definition) is 2. The monoisotopic (exact) mass is 312 g/mol. The fraction of sp³-hybridized carbons (Fsp3) is 0.444. The van der Waals surface area contributed by atoms with Gasteiger partial charge in [0, 0.05) is 24.2 Å². The van der Waals surface area contributed by atoms with Crippen LogP contribution in [0.3, 0.4) is 0 Å². The van der Waals surface area contributed by atoms with Crippen molar-refractivity contribution in [3.63, 3.8) is 0 Å². The zero-order valence-electron chi connectivity index (χ0n) is 13.7. The van der Waals surface area contributed by atoms with Crippen LogP contribution in [0.2, 0.25) is 0 Å². The average molecular weight is 312 g/mol. The van der Waals surface area contributed by atoms with Crippen molar-refractivity contribution in [2.24, 2.45) is 0 Å². The molecule has 5 nitrogen and oxygen atoms in total. The van der Waals surface area contributed by atoms with Crippen LogP contribution in [0.4, 0.5) is 0 Å². The van der Waals surface area contributed by atoms with Crippen LogP contribution in [0, 0.1) is 0 Å². The third kappa shape index (κ3) is 4.20. The molecular weight excluding hydrogens is 288 g/mol. The van der Waals surface area contributed by atoms with Gasteiger partial charge in [0.05, 0.1) is 0 Å². The molecule has 0 saturated heterocycles. The predicted octanol–water partition coefficient (Wildman–Crippen LogP) is 2.19. The van der Waals surface area contributed by atoms with Crippen LogP contribution in [0.25, 0.3) is 0 Å². The number of rotatable bonds is 7. The van der Waals surface area contributed by atoms with Gasteiger partial charge in [0.1, 0.15) is 5.69 Å². The lowest BCUT2D eigenvalue weighted by molar-refractivity contribution is 0.0936. The second-order valence-electron chi connectivity index (χ2n) is 6.50. The third-order valence-corrected chi connectivity index (χ3v) is 4.39. The van der Waals surface area contributed by atoms with Crippen molar-refractivity contribution >= 4 is 5.91 Å². The molecule has 1 amide bonds. The van der Waals surface area contributed by atoms with E-state index in [4.69, 9.17) is 0 Å². The van der Waals surface area contributed by atoms with Crippen molar-refractivity contribution in [2.45, 2.75) is 31.2 Å². The number of nitrogens with zero attached hydrogens (tertiary/aromatic N) is 2. The van der Waals surface area contributed by atoms with E-state index < -0.39 is 0 Å². The van der Waals surface area contributed by atoms with Gasteiger partial charge in [0.2, 0.25) is 0 Å². The molecule has 1 unspecified atom stereocenters. The number of nitrogens with one attached hydrogen (secondary N) is 2. The Bertz CT molecular complexity index is 646. The van der Waals surface area contributed by atoms with Crippen molar-refractivity contribution in [2.75, 3.05) is 20.6 Å². The van der Waals surface area contributed by atoms with Crippen molar-refractivity contribution in [1.82, 2.24) is 20.4 Å². The summed E-state index contributed by atoms with van der Waals surface area (Å²) in [5.41, 5.74) is 2.85. The van der Waals surface area contributed by atoms with Gasteiger partial charge < -0.3 is 10.2 Å². The van der Waals surface area contributed by atoms with E-state index in [2.05, 4.69) is 32.5 Å². The summed E-state index contributed by atoms with van der Waals surface area (Å²) in [4.78, 5) is 14.4. The Balaban J connectivity index is 1.56. The summed E-state index contributed by atoms with van der Waals surface area (Å²) >= 11 is 0. The van der Waals surface area contributed by atoms with Crippen LogP contribution < -0.4 is 5.32 Å². The molecule has 2 aromatic rings. The Hall–Kier alpha value is -2.14. The summed E-state index contributed by atoms with van der Waals surface area (Å²) in [6, 6.07) is 12.5. The van der Waals surface area contributed by atoms with E-state index in [1.807, 2.05) is 38.4 Å². The van der Waals surface area contributed by atoms with Gasteiger partial charge in [-0.2, -0.15) is 5.10 Å². The smallest absolute Gasteiger partial charge is 0.271 e. The number of aromatic nitrogens is 2. The highest BCUT2D eigenvalue weighted by atomic mass is 16.1. The van der Waals surface area contributed by atoms with Gasteiger partial charge in [-0.25, -0.2) is 0 Å². The number of benzene rings is 1. The fourth-order valence-electron chi connectivity index (χ4n) is 2.68. The largest absolute Gasteiger partial charge is 0.349 e. The van der Waals surface area contributed by atoms with Crippen LogP contribution >= 0.6 is 0 Å². The normalized spacial score (nSPS) is 15.6. The lowest BCUT2D eigenvalue weighted by atomic mass is 10.1. The molecule has 0 radical (unpaired) electrons. The summed E-state index contributed by atoms with van der Waals surface area (Å²) in [6.07, 6.45) is 3.30. The van der Waals surface area contributed by atoms with E-state index in [0.29, 0.717) is 18.2 Å². The second kappa shape index (κ2) is 6.96. The Labute approximate surface area is 137 Å². The minimum atomic E-state index is -0.104. The highest BCUT2D eigenvalue weighted by Gasteiger charge is 2.26. The number of amides is 1. The van der Waals surface area contributed by atoms with E-state index in [1.165, 1.54) is 18.4 Å². The molecule has 1 fully saturated rings. The van der Waals surface area contributed by atoms with Crippen LogP contribution in [-0.2, 0) is 6.42 Å². The quantitative estimate of drug-likeness (QED) is 0.824. The van der Waals surface area contributed by atoms with Crippen LogP contribution in [0.1, 0.15) is 40.5 Å². The fourth-order valence-corrected chi connectivity index (χ4v) is 2.68. The molecule has 1 aromatic heterocycles. The number of aromatic amines is 1. The molecule has 5 heteroatoms. The number of likely N-dealkylation sites (N-methyl/N-ethyl adjacent to an activating group) is 1. The van der Waals surface area contributed by atoms with Crippen LogP contribution in [0.15, 0.2) is 36.4 Å². The number of H-pyrrole nitrogens is 1. The molecule has 122 valence electrons. The molecule has 1 saturated carbocycles. The first-order chi connectivity index (χ1) is 11.1. The molecule has 1 aliphatic rings. The SMILES string of the molecule is CN(C)C(CNC(=O)c1cc(C2CC2)[nH]n1)Cc1ccccc1. The minimum Gasteiger partial charge on any atom is -0.349 e. The summed E-state index contributed by atoms with van der Waals surface area (Å²) in [5.74, 6) is 0.477. The highest BCUT2D eigenvalue weighted by molar-refractivity contribution is 5.92. The molecule has 1 aliphatic carbocycles. The van der Waals surface area contributed by atoms with Gasteiger partial charge in [-0.05, 0) is 45.0 Å². The molecule has 0 aliphatic heterocycles. The summed E-state index contributed by atoms with van der Waals surface area (Å²) in [7, 11) is 4.08. The maximum absolute atomic E-state index is 12.3. The maximum Gasteiger partial charge on any atom is 0.271 e. The lowest BCUT2D eigenvalue weighted by Crippen LogP contribution is -2.41. The van der Waals surface area contributed by atoms with Gasteiger partial charge in [0.25, 0.3) is 5.91 Å². The maximum atomic E-state index is 12.3. The topological polar surface area (TPSA) is 61.0 Å². The molecular formula is C18H24N4O. The summed E-state index contributed by atoms with van der Waals surface area (Å²) < 4.78 is 0. The van der Waals surface area contributed by atoms with Crippen molar-refractivity contribution in [3.8, 4) is 0 Å². The zero-order valence-corrected chi connectivity index (χ0v) is 13.7. The Morgan fingerprint density at radius 3 is 2.74 bits per heavy atom. The Morgan fingerprint density at radius 1 is 1.35 bits per heavy atom. The van der Waals surface area contributed by atoms with Crippen LogP contribution in [0.5, 0.6) is 0 Å². The average Bonchev–Trinajstić information content (AvgIpc) is 3.29. The van der Waals surface area contributed by atoms with E-state index in [-0.39, 0.29) is 11.9 Å². The van der Waals surface area contributed by atoms with Gasteiger partial charge in [-0.3, -0.25) is 9.89 Å². The summed E-state index contributed by atoms with van der Waals surface area (Å²) in [5, 5.41) is 10.1. The molecule has 0 bridgehead atoms. The molecule has 23 heavy (non-hydrogen) atoms. The van der Waals surface area contributed by atoms with Crippen molar-refractivity contribution in [1.29, 1.82) is 0 Å². The van der Waals surface area contributed by atoms with E-state index in [9.17, 15) is 4.79 Å². The molecule has 3 rings (SSSR count). The van der Waals surface area contributed by atoms with E-state index in [1.54, 1.807) is 0 Å². The van der Waals surface area contributed by atoms with E-state index in [0.717, 1.165) is 12.1 Å². The first kappa shape index (κ1) is 15.7. The van der Waals surface area contributed by atoms with E-state index >= 15 is 0 Å². The molecule has 1 atom stereocenters. The van der Waals surface area contributed by atoms with Gasteiger partial charge >= 0.3 is 0 Å².